The van der Waals surface area contributed by atoms with Crippen molar-refractivity contribution in [3.63, 3.8) is 0 Å². The monoisotopic (exact) mass is 348 g/mol. The van der Waals surface area contributed by atoms with Gasteiger partial charge in [0.05, 0.1) is 0 Å². The van der Waals surface area contributed by atoms with Gasteiger partial charge in [-0.25, -0.2) is 9.97 Å². The number of anilines is 1. The van der Waals surface area contributed by atoms with Gasteiger partial charge in [-0.2, -0.15) is 8.42 Å². The Bertz CT molecular complexity index is 888. The molecule has 0 spiro atoms. The Morgan fingerprint density at radius 1 is 1.35 bits per heavy atom. The van der Waals surface area contributed by atoms with E-state index in [1.807, 2.05) is 0 Å². The van der Waals surface area contributed by atoms with Crippen molar-refractivity contribution >= 4 is 55.3 Å². The predicted octanol–water partition coefficient (Wildman–Crippen LogP) is 2.90. The van der Waals surface area contributed by atoms with E-state index in [9.17, 15) is 8.42 Å². The van der Waals surface area contributed by atoms with Crippen LogP contribution < -0.4 is 4.72 Å². The summed E-state index contributed by atoms with van der Waals surface area (Å²) in [5, 5.41) is 1.87. The number of pyridine rings is 1. The Morgan fingerprint density at radius 2 is 2.15 bits per heavy atom. The Hall–Kier alpha value is -1.35. The molecule has 3 heterocycles. The average Bonchev–Trinajstić information content (AvgIpc) is 2.87. The Labute approximate surface area is 128 Å². The van der Waals surface area contributed by atoms with Crippen LogP contribution in [-0.4, -0.2) is 22.8 Å². The van der Waals surface area contributed by atoms with Crippen LogP contribution in [0, 0.1) is 0 Å². The van der Waals surface area contributed by atoms with E-state index in [0.29, 0.717) is 9.98 Å². The van der Waals surface area contributed by atoms with Gasteiger partial charge in [0.15, 0.2) is 15.1 Å². The minimum absolute atomic E-state index is 0.0913. The molecule has 3 aromatic heterocycles. The second-order valence-corrected chi connectivity index (χ2v) is 6.99. The van der Waals surface area contributed by atoms with Crippen LogP contribution >= 0.6 is 34.5 Å². The minimum Gasteiger partial charge on any atom is -0.278 e. The SMILES string of the molecule is O=S(=O)(Nc1cc(Cl)ccn1)c1c(Cl)nc2sccn12. The third-order valence-electron chi connectivity index (χ3n) is 2.39. The fourth-order valence-electron chi connectivity index (χ4n) is 1.63. The van der Waals surface area contributed by atoms with Gasteiger partial charge in [0.2, 0.25) is 0 Å². The van der Waals surface area contributed by atoms with Crippen molar-refractivity contribution in [1.82, 2.24) is 14.4 Å². The third kappa shape index (κ3) is 2.35. The number of sulfonamides is 1. The lowest BCUT2D eigenvalue weighted by atomic mass is 10.5. The van der Waals surface area contributed by atoms with Gasteiger partial charge in [-0.15, -0.1) is 11.3 Å². The summed E-state index contributed by atoms with van der Waals surface area (Å²) in [6.07, 6.45) is 2.98. The highest BCUT2D eigenvalue weighted by Gasteiger charge is 2.25. The molecule has 0 aliphatic carbocycles. The van der Waals surface area contributed by atoms with Crippen molar-refractivity contribution < 1.29 is 8.42 Å². The lowest BCUT2D eigenvalue weighted by Crippen LogP contribution is -2.16. The summed E-state index contributed by atoms with van der Waals surface area (Å²) < 4.78 is 28.5. The molecule has 0 aliphatic rings. The second kappa shape index (κ2) is 4.88. The highest BCUT2D eigenvalue weighted by molar-refractivity contribution is 7.92. The third-order valence-corrected chi connectivity index (χ3v) is 5.14. The average molecular weight is 349 g/mol. The smallest absolute Gasteiger partial charge is 0.278 e. The topological polar surface area (TPSA) is 76.4 Å². The molecule has 6 nitrogen and oxygen atoms in total. The molecule has 3 rings (SSSR count). The summed E-state index contributed by atoms with van der Waals surface area (Å²) in [4.78, 5) is 8.36. The maximum atomic E-state index is 12.4. The zero-order valence-electron chi connectivity index (χ0n) is 9.62. The number of rotatable bonds is 3. The first-order valence-corrected chi connectivity index (χ1v) is 8.35. The Morgan fingerprint density at radius 3 is 2.90 bits per heavy atom. The summed E-state index contributed by atoms with van der Waals surface area (Å²) >= 11 is 13.0. The summed E-state index contributed by atoms with van der Waals surface area (Å²) in [6, 6.07) is 2.95. The quantitative estimate of drug-likeness (QED) is 0.789. The number of hydrogen-bond donors (Lipinski definition) is 1. The lowest BCUT2D eigenvalue weighted by molar-refractivity contribution is 0.596. The molecule has 0 bridgehead atoms. The molecule has 0 unspecified atom stereocenters. The van der Waals surface area contributed by atoms with Crippen molar-refractivity contribution in [2.45, 2.75) is 5.03 Å². The van der Waals surface area contributed by atoms with E-state index in [1.54, 1.807) is 17.6 Å². The van der Waals surface area contributed by atoms with Gasteiger partial charge in [0, 0.05) is 28.9 Å². The van der Waals surface area contributed by atoms with Crippen LogP contribution in [0.4, 0.5) is 5.82 Å². The Balaban J connectivity index is 2.08. The van der Waals surface area contributed by atoms with Crippen molar-refractivity contribution in [2.24, 2.45) is 0 Å². The van der Waals surface area contributed by atoms with Gasteiger partial charge in [-0.05, 0) is 6.07 Å². The van der Waals surface area contributed by atoms with Crippen molar-refractivity contribution in [1.29, 1.82) is 0 Å². The molecule has 0 amide bonds. The molecule has 20 heavy (non-hydrogen) atoms. The Kier molecular flexibility index (Phi) is 3.33. The van der Waals surface area contributed by atoms with Gasteiger partial charge in [-0.1, -0.05) is 23.2 Å². The van der Waals surface area contributed by atoms with Gasteiger partial charge in [0.1, 0.15) is 5.82 Å². The molecule has 1 N–H and O–H groups in total. The molecule has 104 valence electrons. The predicted molar refractivity (Wildman–Crippen MR) is 78.1 cm³/mol. The molecule has 0 atom stereocenters. The number of aromatic nitrogens is 3. The normalized spacial score (nSPS) is 11.9. The molecule has 10 heteroatoms. The molecule has 0 radical (unpaired) electrons. The maximum Gasteiger partial charge on any atom is 0.282 e. The summed E-state index contributed by atoms with van der Waals surface area (Å²) in [5.41, 5.74) is 0. The van der Waals surface area contributed by atoms with Crippen LogP contribution in [0.2, 0.25) is 10.2 Å². The molecule has 0 saturated carbocycles. The van der Waals surface area contributed by atoms with Crippen molar-refractivity contribution in [3.05, 3.63) is 40.1 Å². The number of imidazole rings is 1. The molecular weight excluding hydrogens is 343 g/mol. The number of nitrogens with zero attached hydrogens (tertiary/aromatic N) is 3. The molecule has 0 saturated heterocycles. The van der Waals surface area contributed by atoms with Gasteiger partial charge in [-0.3, -0.25) is 9.12 Å². The molecular formula is C10H6Cl2N4O2S2. The van der Waals surface area contributed by atoms with Crippen LogP contribution in [0.15, 0.2) is 34.9 Å². The van der Waals surface area contributed by atoms with Crippen LogP contribution in [0.25, 0.3) is 4.96 Å². The summed E-state index contributed by atoms with van der Waals surface area (Å²) in [6.45, 7) is 0. The number of fused-ring (bicyclic) bond motifs is 1. The van der Waals surface area contributed by atoms with E-state index in [1.165, 1.54) is 28.0 Å². The van der Waals surface area contributed by atoms with Crippen LogP contribution in [-0.2, 0) is 10.0 Å². The lowest BCUT2D eigenvalue weighted by Gasteiger charge is -2.06. The van der Waals surface area contributed by atoms with Gasteiger partial charge >= 0.3 is 0 Å². The van der Waals surface area contributed by atoms with E-state index < -0.39 is 10.0 Å². The first-order valence-electron chi connectivity index (χ1n) is 5.23. The van der Waals surface area contributed by atoms with Crippen molar-refractivity contribution in [3.8, 4) is 0 Å². The zero-order valence-corrected chi connectivity index (χ0v) is 12.8. The van der Waals surface area contributed by atoms with Crippen LogP contribution in [0.1, 0.15) is 0 Å². The highest BCUT2D eigenvalue weighted by atomic mass is 35.5. The summed E-state index contributed by atoms with van der Waals surface area (Å²) in [7, 11) is -3.91. The van der Waals surface area contributed by atoms with Crippen LogP contribution in [0.5, 0.6) is 0 Å². The highest BCUT2D eigenvalue weighted by Crippen LogP contribution is 2.27. The maximum absolute atomic E-state index is 12.4. The number of thiazole rings is 1. The van der Waals surface area contributed by atoms with Crippen molar-refractivity contribution in [2.75, 3.05) is 4.72 Å². The van der Waals surface area contributed by atoms with E-state index in [2.05, 4.69) is 14.7 Å². The minimum atomic E-state index is -3.91. The first kappa shape index (κ1) is 13.6. The number of nitrogens with one attached hydrogen (secondary N) is 1. The van der Waals surface area contributed by atoms with Gasteiger partial charge in [0.25, 0.3) is 10.0 Å². The second-order valence-electron chi connectivity index (χ2n) is 3.73. The van der Waals surface area contributed by atoms with E-state index in [4.69, 9.17) is 23.2 Å². The summed E-state index contributed by atoms with van der Waals surface area (Å²) in [5.74, 6) is 0.110. The van der Waals surface area contributed by atoms with E-state index >= 15 is 0 Å². The molecule has 0 aliphatic heterocycles. The fourth-order valence-corrected chi connectivity index (χ4v) is 4.24. The standard InChI is InChI=1S/C10H6Cl2N4O2S2/c11-6-1-2-13-7(5-6)15-20(17,18)9-8(12)14-10-16(9)3-4-19-10/h1-5H,(H,13,15). The largest absolute Gasteiger partial charge is 0.282 e. The zero-order chi connectivity index (χ0) is 14.3. The molecule has 0 fully saturated rings. The number of hydrogen-bond acceptors (Lipinski definition) is 5. The van der Waals surface area contributed by atoms with Crippen LogP contribution in [0.3, 0.4) is 0 Å². The van der Waals surface area contributed by atoms with E-state index in [0.717, 1.165) is 0 Å². The van der Waals surface area contributed by atoms with Gasteiger partial charge < -0.3 is 0 Å². The fraction of sp³-hybridized carbons (Fsp3) is 0. The van der Waals surface area contributed by atoms with E-state index in [-0.39, 0.29) is 16.0 Å². The molecule has 3 aromatic rings. The first-order chi connectivity index (χ1) is 9.47. The number of halogens is 2. The molecule has 0 aromatic carbocycles.